The van der Waals surface area contributed by atoms with Gasteiger partial charge in [-0.1, -0.05) is 12.5 Å². The van der Waals surface area contributed by atoms with Crippen molar-refractivity contribution < 1.29 is 17.9 Å². The second-order valence-corrected chi connectivity index (χ2v) is 9.94. The minimum Gasteiger partial charge on any atom is -0.495 e. The minimum absolute atomic E-state index is 0.116. The predicted octanol–water partition coefficient (Wildman–Crippen LogP) is 3.97. The molecule has 0 radical (unpaired) electrons. The van der Waals surface area contributed by atoms with E-state index in [2.05, 4.69) is 20.8 Å². The number of anilines is 2. The van der Waals surface area contributed by atoms with Gasteiger partial charge in [0.05, 0.1) is 28.3 Å². The topological polar surface area (TPSA) is 116 Å². The number of aromatic amines is 1. The Balaban J connectivity index is 1.50. The predicted molar refractivity (Wildman–Crippen MR) is 120 cm³/mol. The van der Waals surface area contributed by atoms with E-state index >= 15 is 0 Å². The number of hydrogen-bond acceptors (Lipinski definition) is 6. The molecule has 3 N–H and O–H groups in total. The number of benzene rings is 1. The van der Waals surface area contributed by atoms with Gasteiger partial charge in [-0.15, -0.1) is 11.3 Å². The first-order valence-corrected chi connectivity index (χ1v) is 12.1. The van der Waals surface area contributed by atoms with Crippen molar-refractivity contribution >= 4 is 38.9 Å². The molecule has 1 saturated heterocycles. The molecule has 4 rings (SSSR count). The van der Waals surface area contributed by atoms with Gasteiger partial charge in [0.2, 0.25) is 10.0 Å². The number of nitrogens with one attached hydrogen (secondary N) is 3. The molecule has 1 aliphatic heterocycles. The molecule has 0 bridgehead atoms. The number of H-pyrrole nitrogens is 1. The molecule has 2 aromatic heterocycles. The van der Waals surface area contributed by atoms with Crippen molar-refractivity contribution in [2.75, 3.05) is 30.8 Å². The number of thiophene rings is 1. The summed E-state index contributed by atoms with van der Waals surface area (Å²) in [5.74, 6) is 0.700. The zero-order chi connectivity index (χ0) is 21.8. The van der Waals surface area contributed by atoms with Crippen LogP contribution in [0, 0.1) is 0 Å². The Labute approximate surface area is 184 Å². The lowest BCUT2D eigenvalue weighted by Gasteiger charge is -2.26. The molecule has 9 nitrogen and oxygen atoms in total. The van der Waals surface area contributed by atoms with E-state index in [-0.39, 0.29) is 10.6 Å². The fourth-order valence-corrected chi connectivity index (χ4v) is 5.65. The summed E-state index contributed by atoms with van der Waals surface area (Å²) in [5.41, 5.74) is 1.05. The summed E-state index contributed by atoms with van der Waals surface area (Å²) < 4.78 is 32.7. The van der Waals surface area contributed by atoms with Crippen LogP contribution in [0.15, 0.2) is 46.7 Å². The van der Waals surface area contributed by atoms with Gasteiger partial charge in [0.1, 0.15) is 5.75 Å². The fourth-order valence-electron chi connectivity index (χ4n) is 3.41. The quantitative estimate of drug-likeness (QED) is 0.514. The van der Waals surface area contributed by atoms with Gasteiger partial charge in [0, 0.05) is 19.2 Å². The largest absolute Gasteiger partial charge is 0.495 e. The van der Waals surface area contributed by atoms with Crippen LogP contribution in [0.3, 0.4) is 0 Å². The number of urea groups is 1. The molecule has 0 atom stereocenters. The van der Waals surface area contributed by atoms with Crippen molar-refractivity contribution in [3.63, 3.8) is 0 Å². The van der Waals surface area contributed by atoms with Crippen LogP contribution in [0.2, 0.25) is 0 Å². The Bertz CT molecular complexity index is 1150. The molecule has 3 aromatic rings. The Morgan fingerprint density at radius 1 is 1.16 bits per heavy atom. The lowest BCUT2D eigenvalue weighted by atomic mass is 10.2. The highest BCUT2D eigenvalue weighted by Gasteiger charge is 2.27. The number of carbonyl (C=O) groups excluding carboxylic acids is 1. The van der Waals surface area contributed by atoms with Crippen molar-refractivity contribution in [1.82, 2.24) is 14.5 Å². The molecule has 2 amide bonds. The number of methoxy groups -OCH3 is 1. The Hall–Kier alpha value is -2.89. The van der Waals surface area contributed by atoms with E-state index in [9.17, 15) is 13.2 Å². The molecule has 31 heavy (non-hydrogen) atoms. The van der Waals surface area contributed by atoms with Gasteiger partial charge in [0.15, 0.2) is 5.82 Å². The summed E-state index contributed by atoms with van der Waals surface area (Å²) in [6.07, 6.45) is 2.73. The zero-order valence-corrected chi connectivity index (χ0v) is 18.6. The number of hydrogen-bond donors (Lipinski definition) is 3. The summed E-state index contributed by atoms with van der Waals surface area (Å²) in [6, 6.07) is 9.49. The van der Waals surface area contributed by atoms with Crippen molar-refractivity contribution in [1.29, 1.82) is 0 Å². The van der Waals surface area contributed by atoms with E-state index in [1.54, 1.807) is 17.4 Å². The molecule has 1 aliphatic rings. The average Bonchev–Trinajstić information content (AvgIpc) is 3.46. The fraction of sp³-hybridized carbons (Fsp3) is 0.300. The third-order valence-electron chi connectivity index (χ3n) is 4.98. The summed E-state index contributed by atoms with van der Waals surface area (Å²) in [7, 11) is -2.18. The molecular formula is C20H23N5O4S2. The number of sulfonamides is 1. The number of ether oxygens (including phenoxy) is 1. The van der Waals surface area contributed by atoms with Crippen LogP contribution >= 0.6 is 11.3 Å². The van der Waals surface area contributed by atoms with Crippen molar-refractivity contribution in [2.24, 2.45) is 0 Å². The van der Waals surface area contributed by atoms with Crippen LogP contribution in [0.5, 0.6) is 5.75 Å². The smallest absolute Gasteiger partial charge is 0.325 e. The van der Waals surface area contributed by atoms with Crippen molar-refractivity contribution in [3.05, 3.63) is 41.8 Å². The van der Waals surface area contributed by atoms with Crippen molar-refractivity contribution in [2.45, 2.75) is 24.2 Å². The van der Waals surface area contributed by atoms with Gasteiger partial charge in [-0.3, -0.25) is 10.4 Å². The van der Waals surface area contributed by atoms with Gasteiger partial charge in [-0.05, 0) is 42.5 Å². The summed E-state index contributed by atoms with van der Waals surface area (Å²) in [6.45, 7) is 1.01. The third kappa shape index (κ3) is 4.73. The monoisotopic (exact) mass is 461 g/mol. The van der Waals surface area contributed by atoms with Gasteiger partial charge < -0.3 is 10.1 Å². The van der Waals surface area contributed by atoms with E-state index < -0.39 is 16.1 Å². The number of aromatic nitrogens is 2. The first kappa shape index (κ1) is 21.3. The molecular weight excluding hydrogens is 438 g/mol. The SMILES string of the molecule is COc1ccc(S(=O)(=O)N2CCCCC2)cc1NC(=O)Nc1cc(-c2cccs2)[nH]n1. The minimum atomic E-state index is -3.64. The third-order valence-corrected chi connectivity index (χ3v) is 7.78. The zero-order valence-electron chi connectivity index (χ0n) is 16.9. The molecule has 0 spiro atoms. The number of rotatable bonds is 6. The highest BCUT2D eigenvalue weighted by Crippen LogP contribution is 2.30. The average molecular weight is 462 g/mol. The molecule has 11 heteroatoms. The number of nitrogens with zero attached hydrogens (tertiary/aromatic N) is 2. The lowest BCUT2D eigenvalue weighted by molar-refractivity contribution is 0.262. The van der Waals surface area contributed by atoms with E-state index in [1.165, 1.54) is 29.6 Å². The number of amides is 2. The maximum absolute atomic E-state index is 13.0. The maximum atomic E-state index is 13.0. The van der Waals surface area contributed by atoms with Gasteiger partial charge >= 0.3 is 6.03 Å². The van der Waals surface area contributed by atoms with Crippen LogP contribution < -0.4 is 15.4 Å². The Morgan fingerprint density at radius 3 is 2.68 bits per heavy atom. The molecule has 0 unspecified atom stereocenters. The first-order chi connectivity index (χ1) is 15.0. The molecule has 1 fully saturated rings. The summed E-state index contributed by atoms with van der Waals surface area (Å²) >= 11 is 1.55. The number of carbonyl (C=O) groups is 1. The second-order valence-electron chi connectivity index (χ2n) is 7.05. The maximum Gasteiger partial charge on any atom is 0.325 e. The highest BCUT2D eigenvalue weighted by molar-refractivity contribution is 7.89. The summed E-state index contributed by atoms with van der Waals surface area (Å²) in [4.78, 5) is 13.6. The van der Waals surface area contributed by atoms with Crippen LogP contribution in [0.25, 0.3) is 10.6 Å². The van der Waals surface area contributed by atoms with E-state index in [0.717, 1.165) is 29.8 Å². The Kier molecular flexibility index (Phi) is 6.25. The normalized spacial score (nSPS) is 14.9. The molecule has 3 heterocycles. The Morgan fingerprint density at radius 2 is 1.97 bits per heavy atom. The first-order valence-electron chi connectivity index (χ1n) is 9.83. The van der Waals surface area contributed by atoms with Gasteiger partial charge in [-0.2, -0.15) is 9.40 Å². The number of piperidine rings is 1. The summed E-state index contributed by atoms with van der Waals surface area (Å²) in [5, 5.41) is 14.2. The molecule has 0 aliphatic carbocycles. The molecule has 0 saturated carbocycles. The standard InChI is InChI=1S/C20H23N5O4S2/c1-29-17-8-7-14(31(27,28)25-9-3-2-4-10-25)12-15(17)21-20(26)22-19-13-16(23-24-19)18-6-5-11-30-18/h5-8,11-13H,2-4,9-10H2,1H3,(H3,21,22,23,24,26). The van der Waals surface area contributed by atoms with Crippen LogP contribution in [0.1, 0.15) is 19.3 Å². The molecule has 164 valence electrons. The molecule has 1 aromatic carbocycles. The van der Waals surface area contributed by atoms with Crippen LogP contribution in [-0.2, 0) is 10.0 Å². The van der Waals surface area contributed by atoms with E-state index in [1.807, 2.05) is 17.5 Å². The second kappa shape index (κ2) is 9.08. The highest BCUT2D eigenvalue weighted by atomic mass is 32.2. The van der Waals surface area contributed by atoms with Crippen molar-refractivity contribution in [3.8, 4) is 16.3 Å². The van der Waals surface area contributed by atoms with E-state index in [4.69, 9.17) is 4.74 Å². The van der Waals surface area contributed by atoms with E-state index in [0.29, 0.717) is 24.7 Å². The van der Waals surface area contributed by atoms with Crippen LogP contribution in [0.4, 0.5) is 16.3 Å². The van der Waals surface area contributed by atoms with Gasteiger partial charge in [-0.25, -0.2) is 13.2 Å². The van der Waals surface area contributed by atoms with Crippen LogP contribution in [-0.4, -0.2) is 49.2 Å². The van der Waals surface area contributed by atoms with Gasteiger partial charge in [0.25, 0.3) is 0 Å². The lowest BCUT2D eigenvalue weighted by Crippen LogP contribution is -2.35.